The van der Waals surface area contributed by atoms with Gasteiger partial charge >= 0.3 is 5.97 Å². The number of hydrogen-bond acceptors (Lipinski definition) is 4. The van der Waals surface area contributed by atoms with Gasteiger partial charge in [-0.3, -0.25) is 4.79 Å². The molecule has 22 heavy (non-hydrogen) atoms. The highest BCUT2D eigenvalue weighted by Crippen LogP contribution is 2.17. The van der Waals surface area contributed by atoms with Gasteiger partial charge < -0.3 is 10.4 Å². The van der Waals surface area contributed by atoms with E-state index in [9.17, 15) is 14.7 Å². The number of rotatable bonds is 5. The average molecular weight is 304 g/mol. The first-order chi connectivity index (χ1) is 10.3. The van der Waals surface area contributed by atoms with Crippen molar-refractivity contribution in [2.45, 2.75) is 45.7 Å². The molecule has 0 aromatic carbocycles. The number of aromatic nitrogens is 3. The summed E-state index contributed by atoms with van der Waals surface area (Å²) in [5, 5.41) is 16.8. The molecule has 2 aromatic rings. The molecule has 118 valence electrons. The van der Waals surface area contributed by atoms with Gasteiger partial charge in [0.1, 0.15) is 5.54 Å². The van der Waals surface area contributed by atoms with Crippen molar-refractivity contribution in [1.82, 2.24) is 20.1 Å². The molecule has 0 saturated carbocycles. The van der Waals surface area contributed by atoms with Crippen LogP contribution in [0.25, 0.3) is 11.0 Å². The highest BCUT2D eigenvalue weighted by Gasteiger charge is 2.33. The van der Waals surface area contributed by atoms with E-state index in [1.807, 2.05) is 13.8 Å². The normalized spacial score (nSPS) is 14.0. The second kappa shape index (κ2) is 5.75. The number of aliphatic carboxylic acids is 1. The quantitative estimate of drug-likeness (QED) is 0.880. The Kier molecular flexibility index (Phi) is 4.16. The molecule has 2 aromatic heterocycles. The molecular formula is C15H20N4O3. The summed E-state index contributed by atoms with van der Waals surface area (Å²) in [7, 11) is 0. The number of carboxylic acid groups (broad SMARTS) is 1. The van der Waals surface area contributed by atoms with Crippen molar-refractivity contribution >= 4 is 22.9 Å². The van der Waals surface area contributed by atoms with E-state index in [4.69, 9.17) is 0 Å². The van der Waals surface area contributed by atoms with Crippen LogP contribution in [0.15, 0.2) is 18.5 Å². The van der Waals surface area contributed by atoms with E-state index < -0.39 is 17.4 Å². The molecule has 2 N–H and O–H groups in total. The number of carboxylic acids is 1. The first kappa shape index (κ1) is 15.9. The third kappa shape index (κ3) is 2.79. The van der Waals surface area contributed by atoms with E-state index in [1.54, 1.807) is 23.9 Å². The van der Waals surface area contributed by atoms with Crippen LogP contribution >= 0.6 is 0 Å². The zero-order chi connectivity index (χ0) is 16.5. The van der Waals surface area contributed by atoms with Gasteiger partial charge in [-0.1, -0.05) is 6.92 Å². The molecule has 7 nitrogen and oxygen atoms in total. The van der Waals surface area contributed by atoms with E-state index in [0.717, 1.165) is 5.39 Å². The molecular weight excluding hydrogens is 284 g/mol. The maximum absolute atomic E-state index is 12.3. The van der Waals surface area contributed by atoms with Gasteiger partial charge in [-0.05, 0) is 33.3 Å². The number of nitrogens with zero attached hydrogens (tertiary/aromatic N) is 3. The van der Waals surface area contributed by atoms with E-state index in [-0.39, 0.29) is 12.5 Å². The number of pyridine rings is 1. The standard InChI is InChI=1S/C15H20N4O3/c1-5-15(4,14(21)22)18-13(20)11-6-10-8-17-19(9(2)3)12(10)16-7-11/h6-9H,5H2,1-4H3,(H,18,20)(H,21,22). The summed E-state index contributed by atoms with van der Waals surface area (Å²) in [6, 6.07) is 1.83. The fourth-order valence-electron chi connectivity index (χ4n) is 2.06. The number of nitrogens with one attached hydrogen (secondary N) is 1. The number of carbonyl (C=O) groups is 2. The number of hydrogen-bond donors (Lipinski definition) is 2. The lowest BCUT2D eigenvalue weighted by molar-refractivity contribution is -0.143. The average Bonchev–Trinajstić information content (AvgIpc) is 2.89. The molecule has 0 spiro atoms. The van der Waals surface area contributed by atoms with Gasteiger partial charge in [0.15, 0.2) is 5.65 Å². The second-order valence-corrected chi connectivity index (χ2v) is 5.76. The Hall–Kier alpha value is -2.44. The summed E-state index contributed by atoms with van der Waals surface area (Å²) in [4.78, 5) is 27.8. The molecule has 0 aliphatic rings. The third-order valence-electron chi connectivity index (χ3n) is 3.75. The molecule has 0 bridgehead atoms. The first-order valence-electron chi connectivity index (χ1n) is 7.17. The largest absolute Gasteiger partial charge is 0.480 e. The highest BCUT2D eigenvalue weighted by atomic mass is 16.4. The smallest absolute Gasteiger partial charge is 0.329 e. The Morgan fingerprint density at radius 2 is 2.09 bits per heavy atom. The zero-order valence-electron chi connectivity index (χ0n) is 13.1. The fourth-order valence-corrected chi connectivity index (χ4v) is 2.06. The Morgan fingerprint density at radius 3 is 2.64 bits per heavy atom. The molecule has 0 saturated heterocycles. The predicted molar refractivity (Wildman–Crippen MR) is 81.7 cm³/mol. The SMILES string of the molecule is CCC(C)(NC(=O)c1cnc2c(cnn2C(C)C)c1)C(=O)O. The topological polar surface area (TPSA) is 97.1 Å². The number of fused-ring (bicyclic) bond motifs is 1. The van der Waals surface area contributed by atoms with Crippen LogP contribution in [0.3, 0.4) is 0 Å². The van der Waals surface area contributed by atoms with Crippen molar-refractivity contribution in [1.29, 1.82) is 0 Å². The van der Waals surface area contributed by atoms with Crippen LogP contribution in [0.5, 0.6) is 0 Å². The maximum Gasteiger partial charge on any atom is 0.329 e. The van der Waals surface area contributed by atoms with Crippen LogP contribution in [0.2, 0.25) is 0 Å². The highest BCUT2D eigenvalue weighted by molar-refractivity contribution is 5.99. The van der Waals surface area contributed by atoms with Crippen molar-refractivity contribution < 1.29 is 14.7 Å². The third-order valence-corrected chi connectivity index (χ3v) is 3.75. The summed E-state index contributed by atoms with van der Waals surface area (Å²) in [5.74, 6) is -1.52. The molecule has 0 aliphatic heterocycles. The first-order valence-corrected chi connectivity index (χ1v) is 7.17. The monoisotopic (exact) mass is 304 g/mol. The van der Waals surface area contributed by atoms with Crippen LogP contribution in [0.4, 0.5) is 0 Å². The molecule has 2 heterocycles. The van der Waals surface area contributed by atoms with Gasteiger partial charge in [-0.15, -0.1) is 0 Å². The van der Waals surface area contributed by atoms with E-state index in [1.165, 1.54) is 13.1 Å². The lowest BCUT2D eigenvalue weighted by Crippen LogP contribution is -2.51. The van der Waals surface area contributed by atoms with Crippen molar-refractivity contribution in [3.63, 3.8) is 0 Å². The van der Waals surface area contributed by atoms with Crippen molar-refractivity contribution in [3.05, 3.63) is 24.0 Å². The number of carbonyl (C=O) groups excluding carboxylic acids is 1. The van der Waals surface area contributed by atoms with Gasteiger partial charge in [0.05, 0.1) is 11.8 Å². The zero-order valence-corrected chi connectivity index (χ0v) is 13.1. The lowest BCUT2D eigenvalue weighted by Gasteiger charge is -2.24. The molecule has 1 amide bonds. The molecule has 0 radical (unpaired) electrons. The minimum atomic E-state index is -1.30. The van der Waals surface area contributed by atoms with Crippen LogP contribution in [0, 0.1) is 0 Å². The van der Waals surface area contributed by atoms with Gasteiger partial charge in [0.2, 0.25) is 0 Å². The molecule has 0 aliphatic carbocycles. The summed E-state index contributed by atoms with van der Waals surface area (Å²) in [5.41, 5.74) is -0.284. The second-order valence-electron chi connectivity index (χ2n) is 5.76. The van der Waals surface area contributed by atoms with Gasteiger partial charge in [-0.2, -0.15) is 5.10 Å². The molecule has 2 rings (SSSR count). The Morgan fingerprint density at radius 1 is 1.41 bits per heavy atom. The van der Waals surface area contributed by atoms with Crippen LogP contribution < -0.4 is 5.32 Å². The van der Waals surface area contributed by atoms with E-state index in [2.05, 4.69) is 15.4 Å². The fraction of sp³-hybridized carbons (Fsp3) is 0.467. The minimum absolute atomic E-state index is 0.167. The Balaban J connectivity index is 2.31. The Labute approximate surface area is 128 Å². The molecule has 1 unspecified atom stereocenters. The maximum atomic E-state index is 12.3. The number of amides is 1. The van der Waals surface area contributed by atoms with Gasteiger partial charge in [-0.25, -0.2) is 14.5 Å². The molecule has 7 heteroatoms. The molecule has 1 atom stereocenters. The predicted octanol–water partition coefficient (Wildman–Crippen LogP) is 2.00. The minimum Gasteiger partial charge on any atom is -0.480 e. The van der Waals surface area contributed by atoms with E-state index >= 15 is 0 Å². The van der Waals surface area contributed by atoms with Crippen LogP contribution in [0.1, 0.15) is 50.5 Å². The Bertz CT molecular complexity index is 723. The van der Waals surface area contributed by atoms with E-state index in [0.29, 0.717) is 11.2 Å². The summed E-state index contributed by atoms with van der Waals surface area (Å²) >= 11 is 0. The summed E-state index contributed by atoms with van der Waals surface area (Å²) in [6.07, 6.45) is 3.38. The van der Waals surface area contributed by atoms with Crippen LogP contribution in [-0.4, -0.2) is 37.3 Å². The van der Waals surface area contributed by atoms with Crippen LogP contribution in [-0.2, 0) is 4.79 Å². The van der Waals surface area contributed by atoms with Gasteiger partial charge in [0, 0.05) is 17.6 Å². The van der Waals surface area contributed by atoms with Crippen molar-refractivity contribution in [3.8, 4) is 0 Å². The molecule has 0 fully saturated rings. The van der Waals surface area contributed by atoms with Gasteiger partial charge in [0.25, 0.3) is 5.91 Å². The van der Waals surface area contributed by atoms with Crippen molar-refractivity contribution in [2.24, 2.45) is 0 Å². The summed E-state index contributed by atoms with van der Waals surface area (Å²) < 4.78 is 1.77. The summed E-state index contributed by atoms with van der Waals surface area (Å²) in [6.45, 7) is 7.18. The van der Waals surface area contributed by atoms with Crippen molar-refractivity contribution in [2.75, 3.05) is 0 Å². The lowest BCUT2D eigenvalue weighted by atomic mass is 9.98.